The first-order valence-corrected chi connectivity index (χ1v) is 10.7. The summed E-state index contributed by atoms with van der Waals surface area (Å²) in [5.41, 5.74) is 2.43. The van der Waals surface area contributed by atoms with Gasteiger partial charge in [0.15, 0.2) is 6.61 Å². The van der Waals surface area contributed by atoms with E-state index in [-0.39, 0.29) is 23.7 Å². The van der Waals surface area contributed by atoms with Crippen molar-refractivity contribution in [2.24, 2.45) is 0 Å². The number of rotatable bonds is 6. The average molecular weight is 484 g/mol. The molecule has 0 atom stereocenters. The fraction of sp³-hybridized carbons (Fsp3) is 0.120. The highest BCUT2D eigenvalue weighted by Crippen LogP contribution is 2.27. The summed E-state index contributed by atoms with van der Waals surface area (Å²) in [7, 11) is 0. The molecule has 8 heteroatoms. The predicted octanol–water partition coefficient (Wildman–Crippen LogP) is 6.53. The van der Waals surface area contributed by atoms with Crippen LogP contribution in [0, 0.1) is 13.8 Å². The van der Waals surface area contributed by atoms with Crippen LogP contribution >= 0.6 is 23.2 Å². The van der Waals surface area contributed by atoms with Crippen LogP contribution in [0.5, 0.6) is 17.2 Å². The molecule has 33 heavy (non-hydrogen) atoms. The molecule has 0 aliphatic heterocycles. The van der Waals surface area contributed by atoms with Gasteiger partial charge in [-0.1, -0.05) is 35.3 Å². The Labute approximate surface area is 199 Å². The zero-order valence-electron chi connectivity index (χ0n) is 17.8. The molecule has 3 aromatic carbocycles. The highest BCUT2D eigenvalue weighted by Gasteiger charge is 2.12. The van der Waals surface area contributed by atoms with Crippen LogP contribution < -0.4 is 20.2 Å². The Morgan fingerprint density at radius 1 is 0.970 bits per heavy atom. The van der Waals surface area contributed by atoms with Crippen LogP contribution in [0.15, 0.2) is 70.1 Å². The van der Waals surface area contributed by atoms with Gasteiger partial charge in [0.25, 0.3) is 5.91 Å². The third kappa shape index (κ3) is 5.30. The minimum atomic E-state index is -0.382. The van der Waals surface area contributed by atoms with E-state index in [0.29, 0.717) is 38.2 Å². The van der Waals surface area contributed by atoms with Gasteiger partial charge in [0, 0.05) is 11.8 Å². The van der Waals surface area contributed by atoms with Gasteiger partial charge in [0.05, 0.1) is 15.4 Å². The van der Waals surface area contributed by atoms with Gasteiger partial charge in [-0.2, -0.15) is 0 Å². The summed E-state index contributed by atoms with van der Waals surface area (Å²) in [5.74, 6) is 0.672. The molecule has 1 heterocycles. The second-order valence-electron chi connectivity index (χ2n) is 7.42. The van der Waals surface area contributed by atoms with Crippen molar-refractivity contribution in [3.63, 3.8) is 0 Å². The Bertz CT molecular complexity index is 1410. The van der Waals surface area contributed by atoms with Crippen molar-refractivity contribution in [3.05, 3.63) is 92.3 Å². The Kier molecular flexibility index (Phi) is 6.58. The Morgan fingerprint density at radius 2 is 1.79 bits per heavy atom. The van der Waals surface area contributed by atoms with Crippen LogP contribution in [0.2, 0.25) is 10.0 Å². The zero-order chi connectivity index (χ0) is 23.5. The smallest absolute Gasteiger partial charge is 0.262 e. The molecule has 1 N–H and O–H groups in total. The first kappa shape index (κ1) is 22.7. The van der Waals surface area contributed by atoms with Crippen molar-refractivity contribution in [2.45, 2.75) is 13.8 Å². The summed E-state index contributed by atoms with van der Waals surface area (Å²) in [6.07, 6.45) is 1.27. The normalized spacial score (nSPS) is 10.8. The van der Waals surface area contributed by atoms with Gasteiger partial charge in [-0.25, -0.2) is 0 Å². The van der Waals surface area contributed by atoms with Crippen LogP contribution in [0.25, 0.3) is 11.0 Å². The van der Waals surface area contributed by atoms with Gasteiger partial charge in [0.1, 0.15) is 23.3 Å². The van der Waals surface area contributed by atoms with Crippen molar-refractivity contribution >= 4 is 45.8 Å². The molecule has 0 bridgehead atoms. The van der Waals surface area contributed by atoms with E-state index in [2.05, 4.69) is 5.32 Å². The summed E-state index contributed by atoms with van der Waals surface area (Å²) in [6.45, 7) is 3.60. The molecule has 0 spiro atoms. The monoisotopic (exact) mass is 483 g/mol. The van der Waals surface area contributed by atoms with Crippen molar-refractivity contribution in [1.82, 2.24) is 0 Å². The molecule has 0 unspecified atom stereocenters. The fourth-order valence-corrected chi connectivity index (χ4v) is 3.40. The standard InChI is InChI=1S/C25H19Cl2NO5/c1-14-3-4-15(2)21(9-14)33-23-12-32-22-11-17(6-7-18(22)25(23)30)31-13-24(29)28-16-5-8-19(26)20(27)10-16/h3-12H,13H2,1-2H3,(H,28,29). The maximum atomic E-state index is 12.9. The minimum absolute atomic E-state index is 0.0888. The van der Waals surface area contributed by atoms with E-state index in [0.717, 1.165) is 11.1 Å². The Balaban J connectivity index is 1.46. The lowest BCUT2D eigenvalue weighted by Crippen LogP contribution is -2.20. The number of hydrogen-bond donors (Lipinski definition) is 1. The maximum Gasteiger partial charge on any atom is 0.262 e. The number of ether oxygens (including phenoxy) is 2. The van der Waals surface area contributed by atoms with Gasteiger partial charge >= 0.3 is 0 Å². The molecule has 0 saturated heterocycles. The molecule has 0 fully saturated rings. The SMILES string of the molecule is Cc1ccc(C)c(Oc2coc3cc(OCC(=O)Nc4ccc(Cl)c(Cl)c4)ccc3c2=O)c1. The average Bonchev–Trinajstić information content (AvgIpc) is 2.79. The van der Waals surface area contributed by atoms with Gasteiger partial charge in [0.2, 0.25) is 11.2 Å². The molecule has 6 nitrogen and oxygen atoms in total. The number of carbonyl (C=O) groups is 1. The zero-order valence-corrected chi connectivity index (χ0v) is 19.3. The minimum Gasteiger partial charge on any atom is -0.484 e. The summed E-state index contributed by atoms with van der Waals surface area (Å²) >= 11 is 11.8. The molecular weight excluding hydrogens is 465 g/mol. The molecular formula is C25H19Cl2NO5. The molecule has 1 aromatic heterocycles. The fourth-order valence-electron chi connectivity index (χ4n) is 3.11. The van der Waals surface area contributed by atoms with Crippen LogP contribution in [0.4, 0.5) is 5.69 Å². The summed E-state index contributed by atoms with van der Waals surface area (Å²) in [6, 6.07) is 15.2. The van der Waals surface area contributed by atoms with E-state index in [9.17, 15) is 9.59 Å². The van der Waals surface area contributed by atoms with Gasteiger partial charge in [-0.05, 0) is 61.4 Å². The molecule has 168 valence electrons. The second-order valence-corrected chi connectivity index (χ2v) is 8.24. The first-order chi connectivity index (χ1) is 15.8. The van der Waals surface area contributed by atoms with E-state index in [1.807, 2.05) is 32.0 Å². The predicted molar refractivity (Wildman–Crippen MR) is 129 cm³/mol. The quantitative estimate of drug-likeness (QED) is 0.337. The lowest BCUT2D eigenvalue weighted by atomic mass is 10.1. The largest absolute Gasteiger partial charge is 0.484 e. The first-order valence-electron chi connectivity index (χ1n) is 9.98. The van der Waals surface area contributed by atoms with E-state index in [1.165, 1.54) is 6.26 Å². The van der Waals surface area contributed by atoms with Crippen molar-refractivity contribution in [3.8, 4) is 17.2 Å². The molecule has 1 amide bonds. The highest BCUT2D eigenvalue weighted by molar-refractivity contribution is 6.42. The topological polar surface area (TPSA) is 77.8 Å². The number of halogens is 2. The highest BCUT2D eigenvalue weighted by atomic mass is 35.5. The van der Waals surface area contributed by atoms with Crippen molar-refractivity contribution in [1.29, 1.82) is 0 Å². The summed E-state index contributed by atoms with van der Waals surface area (Å²) in [5, 5.41) is 3.74. The van der Waals surface area contributed by atoms with Crippen LogP contribution in [0.3, 0.4) is 0 Å². The van der Waals surface area contributed by atoms with Gasteiger partial charge in [-0.15, -0.1) is 0 Å². The third-order valence-corrected chi connectivity index (χ3v) is 5.59. The lowest BCUT2D eigenvalue weighted by molar-refractivity contribution is -0.118. The molecule has 0 saturated carbocycles. The lowest BCUT2D eigenvalue weighted by Gasteiger charge is -2.10. The van der Waals surface area contributed by atoms with E-state index in [1.54, 1.807) is 36.4 Å². The molecule has 4 aromatic rings. The van der Waals surface area contributed by atoms with Gasteiger partial charge < -0.3 is 19.2 Å². The summed E-state index contributed by atoms with van der Waals surface area (Å²) < 4.78 is 16.9. The second kappa shape index (κ2) is 9.57. The maximum absolute atomic E-state index is 12.9. The third-order valence-electron chi connectivity index (χ3n) is 4.85. The van der Waals surface area contributed by atoms with Crippen LogP contribution in [0.1, 0.15) is 11.1 Å². The number of hydrogen-bond acceptors (Lipinski definition) is 5. The van der Waals surface area contributed by atoms with E-state index < -0.39 is 0 Å². The number of nitrogens with one attached hydrogen (secondary N) is 1. The van der Waals surface area contributed by atoms with Crippen LogP contribution in [-0.4, -0.2) is 12.5 Å². The van der Waals surface area contributed by atoms with Gasteiger partial charge in [-0.3, -0.25) is 9.59 Å². The number of aryl methyl sites for hydroxylation is 2. The number of benzene rings is 3. The molecule has 0 radical (unpaired) electrons. The number of amides is 1. The van der Waals surface area contributed by atoms with Crippen molar-refractivity contribution < 1.29 is 18.7 Å². The summed E-state index contributed by atoms with van der Waals surface area (Å²) in [4.78, 5) is 25.0. The molecule has 0 aliphatic carbocycles. The number of anilines is 1. The Hall–Kier alpha value is -3.48. The number of carbonyl (C=O) groups excluding carboxylic acids is 1. The van der Waals surface area contributed by atoms with E-state index >= 15 is 0 Å². The van der Waals surface area contributed by atoms with Crippen molar-refractivity contribution in [2.75, 3.05) is 11.9 Å². The van der Waals surface area contributed by atoms with Crippen LogP contribution in [-0.2, 0) is 4.79 Å². The molecule has 0 aliphatic rings. The molecule has 4 rings (SSSR count). The Morgan fingerprint density at radius 3 is 2.58 bits per heavy atom. The number of fused-ring (bicyclic) bond motifs is 1. The van der Waals surface area contributed by atoms with E-state index in [4.69, 9.17) is 37.1 Å².